The van der Waals surface area contributed by atoms with Gasteiger partial charge in [-0.2, -0.15) is 0 Å². The van der Waals surface area contributed by atoms with Gasteiger partial charge in [-0.1, -0.05) is 43.2 Å². The number of nitrogens with zero attached hydrogens (tertiary/aromatic N) is 1. The van der Waals surface area contributed by atoms with Gasteiger partial charge in [0, 0.05) is 23.7 Å². The maximum Gasteiger partial charge on any atom is 0.295 e. The lowest BCUT2D eigenvalue weighted by molar-refractivity contribution is -0.139. The quantitative estimate of drug-likeness (QED) is 0.421. The number of carbonyl (C=O) groups excluding carboxylic acids is 2. The van der Waals surface area contributed by atoms with Gasteiger partial charge < -0.3 is 19.5 Å². The summed E-state index contributed by atoms with van der Waals surface area (Å²) in [4.78, 5) is 27.4. The lowest BCUT2D eigenvalue weighted by atomic mass is 9.94. The van der Waals surface area contributed by atoms with Crippen molar-refractivity contribution in [2.24, 2.45) is 0 Å². The summed E-state index contributed by atoms with van der Waals surface area (Å²) in [5.41, 5.74) is 2.22. The van der Waals surface area contributed by atoms with Crippen LogP contribution in [0.4, 0.5) is 0 Å². The maximum atomic E-state index is 13.0. The smallest absolute Gasteiger partial charge is 0.295 e. The van der Waals surface area contributed by atoms with Crippen LogP contribution >= 0.6 is 0 Å². The molecule has 0 saturated carbocycles. The van der Waals surface area contributed by atoms with Crippen LogP contribution in [0.15, 0.2) is 48.0 Å². The van der Waals surface area contributed by atoms with E-state index in [0.717, 1.165) is 18.4 Å². The van der Waals surface area contributed by atoms with Crippen molar-refractivity contribution < 1.29 is 24.2 Å². The van der Waals surface area contributed by atoms with E-state index >= 15 is 0 Å². The molecular formula is C24H27NO5. The van der Waals surface area contributed by atoms with E-state index < -0.39 is 17.7 Å². The first-order valence-electron chi connectivity index (χ1n) is 10.00. The number of methoxy groups -OCH3 is 2. The number of aliphatic hydroxyl groups is 1. The van der Waals surface area contributed by atoms with E-state index in [9.17, 15) is 14.7 Å². The topological polar surface area (TPSA) is 76.1 Å². The molecular weight excluding hydrogens is 382 g/mol. The molecule has 0 aromatic heterocycles. The molecule has 1 atom stereocenters. The molecule has 0 radical (unpaired) electrons. The Morgan fingerprint density at radius 3 is 2.37 bits per heavy atom. The Kier molecular flexibility index (Phi) is 6.45. The second-order valence-electron chi connectivity index (χ2n) is 7.32. The van der Waals surface area contributed by atoms with Crippen LogP contribution in [0.1, 0.15) is 42.5 Å². The number of aliphatic hydroxyl groups excluding tert-OH is 1. The van der Waals surface area contributed by atoms with Gasteiger partial charge in [-0.15, -0.1) is 0 Å². The molecule has 3 rings (SSSR count). The average Bonchev–Trinajstić information content (AvgIpc) is 3.01. The summed E-state index contributed by atoms with van der Waals surface area (Å²) in [6.45, 7) is 4.37. The molecule has 1 fully saturated rings. The molecule has 158 valence electrons. The van der Waals surface area contributed by atoms with Crippen LogP contribution in [0.25, 0.3) is 5.76 Å². The number of hydrogen-bond acceptors (Lipinski definition) is 5. The van der Waals surface area contributed by atoms with Gasteiger partial charge in [0.15, 0.2) is 0 Å². The third kappa shape index (κ3) is 3.90. The van der Waals surface area contributed by atoms with Gasteiger partial charge in [-0.3, -0.25) is 9.59 Å². The van der Waals surface area contributed by atoms with Gasteiger partial charge >= 0.3 is 0 Å². The first-order chi connectivity index (χ1) is 14.4. The number of carbonyl (C=O) groups is 2. The Balaban J connectivity index is 2.21. The molecule has 1 heterocycles. The summed E-state index contributed by atoms with van der Waals surface area (Å²) in [6.07, 6.45) is 1.61. The highest BCUT2D eigenvalue weighted by atomic mass is 16.5. The minimum atomic E-state index is -0.737. The number of amides is 1. The van der Waals surface area contributed by atoms with E-state index in [1.165, 1.54) is 12.0 Å². The Hall–Kier alpha value is -3.28. The monoisotopic (exact) mass is 409 g/mol. The summed E-state index contributed by atoms with van der Waals surface area (Å²) >= 11 is 0. The molecule has 2 aromatic carbocycles. The maximum absolute atomic E-state index is 13.0. The van der Waals surface area contributed by atoms with E-state index in [4.69, 9.17) is 9.47 Å². The standard InChI is InChI=1S/C24H27NO5/c1-5-6-13-25-21(18-12-11-17(29-3)14-19(18)30-4)20(23(27)24(25)28)22(26)16-9-7-15(2)8-10-16/h7-12,14,21,26H,5-6,13H2,1-4H3/b22-20+/t21-/m1/s1. The highest BCUT2D eigenvalue weighted by molar-refractivity contribution is 6.46. The van der Waals surface area contributed by atoms with Gasteiger partial charge in [0.25, 0.3) is 11.7 Å². The first-order valence-corrected chi connectivity index (χ1v) is 10.00. The highest BCUT2D eigenvalue weighted by Gasteiger charge is 2.46. The lowest BCUT2D eigenvalue weighted by Crippen LogP contribution is -2.30. The molecule has 1 aliphatic heterocycles. The van der Waals surface area contributed by atoms with Crippen molar-refractivity contribution in [1.82, 2.24) is 4.90 Å². The number of likely N-dealkylation sites (tertiary alicyclic amines) is 1. The van der Waals surface area contributed by atoms with Gasteiger partial charge in [-0.05, 0) is 25.5 Å². The molecule has 0 bridgehead atoms. The minimum absolute atomic E-state index is 0.0726. The number of hydrogen-bond donors (Lipinski definition) is 1. The molecule has 1 saturated heterocycles. The van der Waals surface area contributed by atoms with Crippen molar-refractivity contribution >= 4 is 17.4 Å². The largest absolute Gasteiger partial charge is 0.507 e. The van der Waals surface area contributed by atoms with Crippen LogP contribution in [-0.4, -0.2) is 42.5 Å². The number of Topliss-reactive ketones (excluding diaryl/α,β-unsaturated/α-hetero) is 1. The number of benzene rings is 2. The average molecular weight is 409 g/mol. The summed E-state index contributed by atoms with van der Waals surface area (Å²) in [6, 6.07) is 11.7. The van der Waals surface area contributed by atoms with Gasteiger partial charge in [0.1, 0.15) is 17.3 Å². The zero-order valence-electron chi connectivity index (χ0n) is 17.8. The fourth-order valence-electron chi connectivity index (χ4n) is 3.67. The first kappa shape index (κ1) is 21.4. The zero-order chi connectivity index (χ0) is 21.8. The van der Waals surface area contributed by atoms with Crippen molar-refractivity contribution in [3.63, 3.8) is 0 Å². The summed E-state index contributed by atoms with van der Waals surface area (Å²) < 4.78 is 10.8. The van der Waals surface area contributed by atoms with E-state index in [-0.39, 0.29) is 11.3 Å². The molecule has 6 nitrogen and oxygen atoms in total. The molecule has 1 amide bonds. The van der Waals surface area contributed by atoms with E-state index in [0.29, 0.717) is 29.2 Å². The predicted octanol–water partition coefficient (Wildman–Crippen LogP) is 4.23. The Morgan fingerprint density at radius 2 is 1.77 bits per heavy atom. The van der Waals surface area contributed by atoms with E-state index in [1.54, 1.807) is 37.4 Å². The third-order valence-corrected chi connectivity index (χ3v) is 5.35. The molecule has 2 aromatic rings. The van der Waals surface area contributed by atoms with Crippen molar-refractivity contribution in [3.8, 4) is 11.5 Å². The summed E-state index contributed by atoms with van der Waals surface area (Å²) in [5, 5.41) is 11.1. The molecule has 0 aliphatic carbocycles. The van der Waals surface area contributed by atoms with Crippen LogP contribution in [-0.2, 0) is 9.59 Å². The number of rotatable bonds is 7. The van der Waals surface area contributed by atoms with Gasteiger partial charge in [-0.25, -0.2) is 0 Å². The number of ether oxygens (including phenoxy) is 2. The Bertz CT molecular complexity index is 978. The van der Waals surface area contributed by atoms with Crippen LogP contribution in [0.2, 0.25) is 0 Å². The normalized spacial score (nSPS) is 18.0. The van der Waals surface area contributed by atoms with E-state index in [1.807, 2.05) is 26.0 Å². The summed E-state index contributed by atoms with van der Waals surface area (Å²) in [5.74, 6) is -0.403. The van der Waals surface area contributed by atoms with E-state index in [2.05, 4.69) is 0 Å². The molecule has 0 spiro atoms. The Morgan fingerprint density at radius 1 is 1.07 bits per heavy atom. The zero-order valence-corrected chi connectivity index (χ0v) is 17.8. The fraction of sp³-hybridized carbons (Fsp3) is 0.333. The van der Waals surface area contributed by atoms with Crippen LogP contribution in [0.3, 0.4) is 0 Å². The fourth-order valence-corrected chi connectivity index (χ4v) is 3.67. The van der Waals surface area contributed by atoms with Crippen LogP contribution in [0, 0.1) is 6.92 Å². The minimum Gasteiger partial charge on any atom is -0.507 e. The van der Waals surface area contributed by atoms with Crippen LogP contribution in [0.5, 0.6) is 11.5 Å². The van der Waals surface area contributed by atoms with Crippen LogP contribution < -0.4 is 9.47 Å². The van der Waals surface area contributed by atoms with Crippen molar-refractivity contribution in [2.75, 3.05) is 20.8 Å². The van der Waals surface area contributed by atoms with Crippen molar-refractivity contribution in [1.29, 1.82) is 0 Å². The summed E-state index contributed by atoms with van der Waals surface area (Å²) in [7, 11) is 3.08. The number of unbranched alkanes of at least 4 members (excludes halogenated alkanes) is 1. The highest BCUT2D eigenvalue weighted by Crippen LogP contribution is 2.43. The Labute approximate surface area is 176 Å². The predicted molar refractivity (Wildman–Crippen MR) is 115 cm³/mol. The molecule has 0 unspecified atom stereocenters. The number of ketones is 1. The second-order valence-corrected chi connectivity index (χ2v) is 7.32. The van der Waals surface area contributed by atoms with Crippen molar-refractivity contribution in [2.45, 2.75) is 32.7 Å². The van der Waals surface area contributed by atoms with Gasteiger partial charge in [0.2, 0.25) is 0 Å². The van der Waals surface area contributed by atoms with Gasteiger partial charge in [0.05, 0.1) is 25.8 Å². The van der Waals surface area contributed by atoms with Crippen molar-refractivity contribution in [3.05, 3.63) is 64.7 Å². The second kappa shape index (κ2) is 9.03. The molecule has 6 heteroatoms. The SMILES string of the molecule is CCCCN1C(=O)C(=O)/C(=C(/O)c2ccc(C)cc2)[C@H]1c1ccc(OC)cc1OC. The molecule has 30 heavy (non-hydrogen) atoms. The lowest BCUT2D eigenvalue weighted by Gasteiger charge is -2.26. The third-order valence-electron chi connectivity index (χ3n) is 5.35. The number of aryl methyl sites for hydroxylation is 1. The molecule has 1 N–H and O–H groups in total. The molecule has 1 aliphatic rings.